The summed E-state index contributed by atoms with van der Waals surface area (Å²) in [7, 11) is 0. The Morgan fingerprint density at radius 2 is 1.83 bits per heavy atom. The van der Waals surface area contributed by atoms with Gasteiger partial charge in [-0.2, -0.15) is 0 Å². The van der Waals surface area contributed by atoms with Gasteiger partial charge in [0.05, 0.1) is 5.92 Å². The first-order valence-corrected chi connectivity index (χ1v) is 7.47. The first-order valence-electron chi connectivity index (χ1n) is 7.47. The van der Waals surface area contributed by atoms with Crippen molar-refractivity contribution in [1.82, 2.24) is 15.1 Å². The number of amides is 1. The van der Waals surface area contributed by atoms with Gasteiger partial charge >= 0.3 is 5.97 Å². The van der Waals surface area contributed by atoms with Gasteiger partial charge in [0.1, 0.15) is 0 Å². The number of aliphatic carboxylic acids is 1. The Morgan fingerprint density at radius 1 is 1.17 bits per heavy atom. The Morgan fingerprint density at radius 3 is 2.35 bits per heavy atom. The van der Waals surface area contributed by atoms with E-state index in [0.29, 0.717) is 43.3 Å². The zero-order chi connectivity index (χ0) is 16.4. The highest BCUT2D eigenvalue weighted by molar-refractivity contribution is 5.94. The second-order valence-corrected chi connectivity index (χ2v) is 5.61. The normalized spacial score (nSPS) is 15.6. The van der Waals surface area contributed by atoms with E-state index in [0.717, 1.165) is 5.56 Å². The predicted octanol–water partition coefficient (Wildman–Crippen LogP) is 1.98. The van der Waals surface area contributed by atoms with E-state index in [1.807, 2.05) is 0 Å². The fourth-order valence-electron chi connectivity index (χ4n) is 2.68. The average molecular weight is 315 g/mol. The maximum atomic E-state index is 12.5. The molecule has 3 rings (SSSR count). The highest BCUT2D eigenvalue weighted by Gasteiger charge is 2.27. The van der Waals surface area contributed by atoms with Crippen LogP contribution in [-0.4, -0.2) is 45.2 Å². The van der Waals surface area contributed by atoms with E-state index in [9.17, 15) is 9.59 Å². The van der Waals surface area contributed by atoms with Gasteiger partial charge in [0, 0.05) is 31.1 Å². The summed E-state index contributed by atoms with van der Waals surface area (Å²) in [6.07, 6.45) is 1.00. The van der Waals surface area contributed by atoms with Crippen molar-refractivity contribution in [2.45, 2.75) is 19.8 Å². The van der Waals surface area contributed by atoms with Crippen LogP contribution in [0.3, 0.4) is 0 Å². The number of rotatable bonds is 3. The third-order valence-electron chi connectivity index (χ3n) is 4.04. The molecule has 0 aliphatic carbocycles. The van der Waals surface area contributed by atoms with Crippen molar-refractivity contribution in [1.29, 1.82) is 0 Å². The number of hydrogen-bond acceptors (Lipinski definition) is 5. The third-order valence-corrected chi connectivity index (χ3v) is 4.04. The number of carbonyl (C=O) groups is 2. The molecule has 23 heavy (non-hydrogen) atoms. The maximum Gasteiger partial charge on any atom is 0.306 e. The van der Waals surface area contributed by atoms with Crippen LogP contribution in [0.1, 0.15) is 29.1 Å². The van der Waals surface area contributed by atoms with Gasteiger partial charge in [0.15, 0.2) is 0 Å². The molecule has 7 heteroatoms. The molecule has 120 valence electrons. The fraction of sp³-hybridized carbons (Fsp3) is 0.375. The predicted molar refractivity (Wildman–Crippen MR) is 80.7 cm³/mol. The molecule has 1 fully saturated rings. The molecule has 0 atom stereocenters. The molecule has 0 unspecified atom stereocenters. The van der Waals surface area contributed by atoms with Crippen molar-refractivity contribution in [3.63, 3.8) is 0 Å². The van der Waals surface area contributed by atoms with Crippen molar-refractivity contribution >= 4 is 11.9 Å². The molecule has 1 saturated heterocycles. The van der Waals surface area contributed by atoms with Gasteiger partial charge in [-0.25, -0.2) is 0 Å². The van der Waals surface area contributed by atoms with E-state index in [4.69, 9.17) is 9.52 Å². The summed E-state index contributed by atoms with van der Waals surface area (Å²) in [5, 5.41) is 16.7. The molecule has 1 amide bonds. The lowest BCUT2D eigenvalue weighted by Gasteiger charge is -2.30. The number of carbonyl (C=O) groups excluding carboxylic acids is 1. The van der Waals surface area contributed by atoms with Crippen LogP contribution in [0, 0.1) is 12.8 Å². The molecule has 7 nitrogen and oxygen atoms in total. The summed E-state index contributed by atoms with van der Waals surface area (Å²) in [5.74, 6) is -0.300. The van der Waals surface area contributed by atoms with Crippen molar-refractivity contribution < 1.29 is 19.1 Å². The van der Waals surface area contributed by atoms with Crippen molar-refractivity contribution in [3.05, 3.63) is 35.7 Å². The summed E-state index contributed by atoms with van der Waals surface area (Å²) in [6, 6.07) is 6.98. The molecule has 2 aromatic rings. The molecule has 1 aromatic carbocycles. The molecular weight excluding hydrogens is 298 g/mol. The van der Waals surface area contributed by atoms with Crippen molar-refractivity contribution in [2.75, 3.05) is 13.1 Å². The average Bonchev–Trinajstić information content (AvgIpc) is 3.01. The highest BCUT2D eigenvalue weighted by atomic mass is 16.4. The Kier molecular flexibility index (Phi) is 4.10. The monoisotopic (exact) mass is 315 g/mol. The maximum absolute atomic E-state index is 12.5. The standard InChI is InChI=1S/C16H17N3O4/c1-10-17-18-14(23-10)11-2-4-12(5-3-11)15(20)19-8-6-13(7-9-19)16(21)22/h2-5,13H,6-9H2,1H3,(H,21,22). The van der Waals surface area contributed by atoms with E-state index in [1.165, 1.54) is 0 Å². The molecule has 1 aromatic heterocycles. The van der Waals surface area contributed by atoms with E-state index < -0.39 is 5.97 Å². The molecule has 0 bridgehead atoms. The van der Waals surface area contributed by atoms with Crippen molar-refractivity contribution in [3.8, 4) is 11.5 Å². The van der Waals surface area contributed by atoms with Gasteiger partial charge in [0.25, 0.3) is 5.91 Å². The SMILES string of the molecule is Cc1nnc(-c2ccc(C(=O)N3CCC(C(=O)O)CC3)cc2)o1. The topological polar surface area (TPSA) is 96.5 Å². The molecule has 2 heterocycles. The lowest BCUT2D eigenvalue weighted by Crippen LogP contribution is -2.40. The van der Waals surface area contributed by atoms with Gasteiger partial charge in [-0.1, -0.05) is 0 Å². The van der Waals surface area contributed by atoms with E-state index in [-0.39, 0.29) is 11.8 Å². The van der Waals surface area contributed by atoms with Crippen LogP contribution in [0.5, 0.6) is 0 Å². The molecule has 1 aliphatic heterocycles. The lowest BCUT2D eigenvalue weighted by atomic mass is 9.96. The summed E-state index contributed by atoms with van der Waals surface area (Å²) >= 11 is 0. The Bertz CT molecular complexity index is 715. The fourth-order valence-corrected chi connectivity index (χ4v) is 2.68. The minimum Gasteiger partial charge on any atom is -0.481 e. The molecule has 0 spiro atoms. The number of carboxylic acid groups (broad SMARTS) is 1. The van der Waals surface area contributed by atoms with Gasteiger partial charge in [0.2, 0.25) is 11.8 Å². The minimum atomic E-state index is -0.781. The smallest absolute Gasteiger partial charge is 0.306 e. The Hall–Kier alpha value is -2.70. The number of carboxylic acids is 1. The Labute approximate surface area is 132 Å². The number of aryl methyl sites for hydroxylation is 1. The molecule has 0 radical (unpaired) electrons. The van der Waals surface area contributed by atoms with Crippen LogP contribution < -0.4 is 0 Å². The van der Waals surface area contributed by atoms with E-state index in [2.05, 4.69) is 10.2 Å². The first kappa shape index (κ1) is 15.2. The number of hydrogen-bond donors (Lipinski definition) is 1. The zero-order valence-electron chi connectivity index (χ0n) is 12.7. The van der Waals surface area contributed by atoms with Crippen LogP contribution in [0.15, 0.2) is 28.7 Å². The second-order valence-electron chi connectivity index (χ2n) is 5.61. The van der Waals surface area contributed by atoms with E-state index in [1.54, 1.807) is 36.1 Å². The number of likely N-dealkylation sites (tertiary alicyclic amines) is 1. The molecule has 1 N–H and O–H groups in total. The van der Waals surface area contributed by atoms with E-state index >= 15 is 0 Å². The van der Waals surface area contributed by atoms with Crippen LogP contribution in [0.25, 0.3) is 11.5 Å². The number of piperidine rings is 1. The minimum absolute atomic E-state index is 0.0814. The summed E-state index contributed by atoms with van der Waals surface area (Å²) in [4.78, 5) is 25.1. The molecule has 1 aliphatic rings. The number of benzene rings is 1. The quantitative estimate of drug-likeness (QED) is 0.930. The lowest BCUT2D eigenvalue weighted by molar-refractivity contribution is -0.143. The van der Waals surface area contributed by atoms with Crippen molar-refractivity contribution in [2.24, 2.45) is 5.92 Å². The van der Waals surface area contributed by atoms with Crippen LogP contribution in [-0.2, 0) is 4.79 Å². The van der Waals surface area contributed by atoms with Gasteiger partial charge in [-0.3, -0.25) is 9.59 Å². The summed E-state index contributed by atoms with van der Waals surface area (Å²) in [5.41, 5.74) is 1.32. The van der Waals surface area contributed by atoms with Gasteiger partial charge < -0.3 is 14.4 Å². The number of aromatic nitrogens is 2. The van der Waals surface area contributed by atoms with Crippen LogP contribution in [0.2, 0.25) is 0 Å². The summed E-state index contributed by atoms with van der Waals surface area (Å²) < 4.78 is 5.35. The van der Waals surface area contributed by atoms with Crippen LogP contribution >= 0.6 is 0 Å². The molecular formula is C16H17N3O4. The highest BCUT2D eigenvalue weighted by Crippen LogP contribution is 2.21. The summed E-state index contributed by atoms with van der Waals surface area (Å²) in [6.45, 7) is 2.66. The Balaban J connectivity index is 1.68. The largest absolute Gasteiger partial charge is 0.481 e. The number of nitrogens with zero attached hydrogens (tertiary/aromatic N) is 3. The molecule has 0 saturated carbocycles. The first-order chi connectivity index (χ1) is 11.0. The van der Waals surface area contributed by atoms with Crippen LogP contribution in [0.4, 0.5) is 0 Å². The second kappa shape index (κ2) is 6.20. The van der Waals surface area contributed by atoms with Gasteiger partial charge in [-0.05, 0) is 37.1 Å². The zero-order valence-corrected chi connectivity index (χ0v) is 12.7. The third kappa shape index (κ3) is 3.23. The van der Waals surface area contributed by atoms with Gasteiger partial charge in [-0.15, -0.1) is 10.2 Å².